The van der Waals surface area contributed by atoms with Gasteiger partial charge in [0.15, 0.2) is 11.6 Å². The summed E-state index contributed by atoms with van der Waals surface area (Å²) < 4.78 is 28.9. The lowest BCUT2D eigenvalue weighted by Crippen LogP contribution is -2.43. The van der Waals surface area contributed by atoms with Crippen molar-refractivity contribution in [1.29, 1.82) is 0 Å². The second kappa shape index (κ2) is 8.84. The molecule has 164 valence electrons. The lowest BCUT2D eigenvalue weighted by Gasteiger charge is -2.30. The molecule has 1 aliphatic carbocycles. The average Bonchev–Trinajstić information content (AvgIpc) is 3.14. The highest BCUT2D eigenvalue weighted by molar-refractivity contribution is 5.99. The van der Waals surface area contributed by atoms with Crippen molar-refractivity contribution < 1.29 is 13.6 Å². The number of benzene rings is 1. The van der Waals surface area contributed by atoms with Gasteiger partial charge in [0.2, 0.25) is 0 Å². The number of halogens is 2. The SMILES string of the molecule is NC(=O)c1cc(F)c(N[C@H]2CCCC[C@H]2N)nc1Nc1ccc2c(cnn2CCF)c1. The monoisotopic (exact) mass is 429 g/mol. The first kappa shape index (κ1) is 21.0. The Labute approximate surface area is 178 Å². The van der Waals surface area contributed by atoms with E-state index in [2.05, 4.69) is 20.7 Å². The molecule has 10 heteroatoms. The van der Waals surface area contributed by atoms with Crippen LogP contribution in [0, 0.1) is 5.82 Å². The smallest absolute Gasteiger partial charge is 0.252 e. The number of fused-ring (bicyclic) bond motifs is 1. The maximum atomic E-state index is 14.7. The van der Waals surface area contributed by atoms with Crippen LogP contribution in [0.2, 0.25) is 0 Å². The molecule has 2 atom stereocenters. The number of alkyl halides is 1. The molecule has 0 saturated heterocycles. The number of amides is 1. The molecule has 31 heavy (non-hydrogen) atoms. The summed E-state index contributed by atoms with van der Waals surface area (Å²) in [7, 11) is 0. The lowest BCUT2D eigenvalue weighted by molar-refractivity contribution is 0.100. The first-order valence-corrected chi connectivity index (χ1v) is 10.3. The number of aryl methyl sites for hydroxylation is 1. The number of pyridine rings is 1. The van der Waals surface area contributed by atoms with Crippen molar-refractivity contribution in [3.05, 3.63) is 41.8 Å². The van der Waals surface area contributed by atoms with E-state index in [9.17, 15) is 13.6 Å². The predicted molar refractivity (Wildman–Crippen MR) is 116 cm³/mol. The molecule has 1 aliphatic rings. The minimum absolute atomic E-state index is 0.0201. The second-order valence-electron chi connectivity index (χ2n) is 7.73. The zero-order chi connectivity index (χ0) is 22.0. The molecular formula is C21H25F2N7O. The molecule has 0 bridgehead atoms. The Morgan fingerprint density at radius 2 is 2.03 bits per heavy atom. The summed E-state index contributed by atoms with van der Waals surface area (Å²) in [6.07, 6.45) is 5.36. The number of nitrogens with two attached hydrogens (primary N) is 2. The molecule has 0 spiro atoms. The summed E-state index contributed by atoms with van der Waals surface area (Å²) in [5, 5.41) is 11.1. The van der Waals surface area contributed by atoms with E-state index in [4.69, 9.17) is 11.5 Å². The zero-order valence-electron chi connectivity index (χ0n) is 16.9. The van der Waals surface area contributed by atoms with Crippen LogP contribution in [-0.2, 0) is 6.54 Å². The van der Waals surface area contributed by atoms with E-state index in [1.165, 1.54) is 0 Å². The zero-order valence-corrected chi connectivity index (χ0v) is 16.9. The highest BCUT2D eigenvalue weighted by Gasteiger charge is 2.24. The average molecular weight is 429 g/mol. The van der Waals surface area contributed by atoms with Gasteiger partial charge in [-0.1, -0.05) is 12.8 Å². The summed E-state index contributed by atoms with van der Waals surface area (Å²) in [4.78, 5) is 16.2. The van der Waals surface area contributed by atoms with Crippen LogP contribution in [-0.4, -0.2) is 39.4 Å². The Hall–Kier alpha value is -3.27. The number of carbonyl (C=O) groups is 1. The number of aromatic nitrogens is 3. The molecule has 0 aliphatic heterocycles. The molecule has 1 amide bonds. The number of nitrogens with one attached hydrogen (secondary N) is 2. The van der Waals surface area contributed by atoms with Crippen molar-refractivity contribution in [3.8, 4) is 0 Å². The fourth-order valence-corrected chi connectivity index (χ4v) is 3.95. The topological polar surface area (TPSA) is 124 Å². The lowest BCUT2D eigenvalue weighted by atomic mass is 9.91. The molecule has 6 N–H and O–H groups in total. The van der Waals surface area contributed by atoms with Crippen LogP contribution < -0.4 is 22.1 Å². The van der Waals surface area contributed by atoms with Crippen molar-refractivity contribution >= 4 is 34.1 Å². The summed E-state index contributed by atoms with van der Waals surface area (Å²) in [5.41, 5.74) is 12.9. The van der Waals surface area contributed by atoms with Gasteiger partial charge in [-0.2, -0.15) is 5.10 Å². The van der Waals surface area contributed by atoms with Gasteiger partial charge < -0.3 is 22.1 Å². The van der Waals surface area contributed by atoms with Crippen LogP contribution in [0.25, 0.3) is 10.9 Å². The Bertz CT molecular complexity index is 1100. The van der Waals surface area contributed by atoms with Gasteiger partial charge >= 0.3 is 0 Å². The largest absolute Gasteiger partial charge is 0.365 e. The number of hydrogen-bond donors (Lipinski definition) is 4. The first-order valence-electron chi connectivity index (χ1n) is 10.3. The Morgan fingerprint density at radius 3 is 2.77 bits per heavy atom. The van der Waals surface area contributed by atoms with Crippen molar-refractivity contribution in [1.82, 2.24) is 14.8 Å². The third-order valence-corrected chi connectivity index (χ3v) is 5.58. The molecule has 3 aromatic rings. The maximum absolute atomic E-state index is 14.7. The van der Waals surface area contributed by atoms with E-state index in [0.29, 0.717) is 5.69 Å². The number of primary amides is 1. The number of anilines is 3. The van der Waals surface area contributed by atoms with Gasteiger partial charge in [0.05, 0.1) is 23.8 Å². The first-order chi connectivity index (χ1) is 15.0. The fraction of sp³-hybridized carbons (Fsp3) is 0.381. The molecule has 8 nitrogen and oxygen atoms in total. The Morgan fingerprint density at radius 1 is 1.23 bits per heavy atom. The molecular weight excluding hydrogens is 404 g/mol. The van der Waals surface area contributed by atoms with E-state index in [0.717, 1.165) is 42.7 Å². The Balaban J connectivity index is 1.64. The second-order valence-corrected chi connectivity index (χ2v) is 7.73. The van der Waals surface area contributed by atoms with Crippen LogP contribution in [0.5, 0.6) is 0 Å². The van der Waals surface area contributed by atoms with Crippen LogP contribution in [0.15, 0.2) is 30.5 Å². The van der Waals surface area contributed by atoms with Crippen molar-refractivity contribution in [3.63, 3.8) is 0 Å². The van der Waals surface area contributed by atoms with Gasteiger partial charge in [-0.05, 0) is 37.1 Å². The van der Waals surface area contributed by atoms with Gasteiger partial charge in [-0.25, -0.2) is 13.8 Å². The van der Waals surface area contributed by atoms with Crippen molar-refractivity contribution in [2.24, 2.45) is 11.5 Å². The molecule has 2 heterocycles. The van der Waals surface area contributed by atoms with Crippen LogP contribution >= 0.6 is 0 Å². The summed E-state index contributed by atoms with van der Waals surface area (Å²) in [6.45, 7) is -0.349. The maximum Gasteiger partial charge on any atom is 0.252 e. The molecule has 1 aromatic carbocycles. The minimum Gasteiger partial charge on any atom is -0.365 e. The molecule has 0 unspecified atom stereocenters. The number of nitrogens with zero attached hydrogens (tertiary/aromatic N) is 3. The highest BCUT2D eigenvalue weighted by atomic mass is 19.1. The van der Waals surface area contributed by atoms with Gasteiger partial charge in [-0.15, -0.1) is 0 Å². The molecule has 4 rings (SSSR count). The Kier molecular flexibility index (Phi) is 5.99. The molecule has 1 fully saturated rings. The van der Waals surface area contributed by atoms with Gasteiger partial charge in [0.25, 0.3) is 5.91 Å². The van der Waals surface area contributed by atoms with E-state index < -0.39 is 18.4 Å². The van der Waals surface area contributed by atoms with E-state index >= 15 is 0 Å². The third kappa shape index (κ3) is 4.43. The van der Waals surface area contributed by atoms with Gasteiger partial charge in [-0.3, -0.25) is 9.48 Å². The van der Waals surface area contributed by atoms with Crippen molar-refractivity contribution in [2.45, 2.75) is 44.3 Å². The normalized spacial score (nSPS) is 18.8. The van der Waals surface area contributed by atoms with Crippen LogP contribution in [0.3, 0.4) is 0 Å². The van der Waals surface area contributed by atoms with Crippen LogP contribution in [0.1, 0.15) is 36.0 Å². The summed E-state index contributed by atoms with van der Waals surface area (Å²) >= 11 is 0. The third-order valence-electron chi connectivity index (χ3n) is 5.58. The highest BCUT2D eigenvalue weighted by Crippen LogP contribution is 2.28. The molecule has 1 saturated carbocycles. The number of rotatable bonds is 7. The van der Waals surface area contributed by atoms with E-state index in [1.54, 1.807) is 29.1 Å². The summed E-state index contributed by atoms with van der Waals surface area (Å²) in [5.74, 6) is -1.31. The van der Waals surface area contributed by atoms with Crippen molar-refractivity contribution in [2.75, 3.05) is 17.3 Å². The van der Waals surface area contributed by atoms with Crippen LogP contribution in [0.4, 0.5) is 26.1 Å². The van der Waals surface area contributed by atoms with Gasteiger partial charge in [0, 0.05) is 23.2 Å². The fourth-order valence-electron chi connectivity index (χ4n) is 3.95. The minimum atomic E-state index is -0.799. The van der Waals surface area contributed by atoms with E-state index in [-0.39, 0.29) is 35.8 Å². The molecule has 2 aromatic heterocycles. The van der Waals surface area contributed by atoms with E-state index in [1.807, 2.05) is 0 Å². The predicted octanol–water partition coefficient (Wildman–Crippen LogP) is 3.06. The quantitative estimate of drug-likeness (QED) is 0.458. The molecule has 0 radical (unpaired) electrons. The summed E-state index contributed by atoms with van der Waals surface area (Å²) in [6, 6.07) is 6.21. The standard InChI is InChI=1S/C21H25F2N7O/c22-7-8-30-18-6-5-13(9-12(18)11-26-30)27-20-14(19(25)31)10-15(23)21(29-20)28-17-4-2-1-3-16(17)24/h5-6,9-11,16-17H,1-4,7-8,24H2,(H2,25,31)(H2,27,28,29)/t16-,17+/m1/s1. The number of hydrogen-bond acceptors (Lipinski definition) is 6. The number of carbonyl (C=O) groups excluding carboxylic acids is 1. The van der Waals surface area contributed by atoms with Gasteiger partial charge in [0.1, 0.15) is 12.5 Å².